The van der Waals surface area contributed by atoms with E-state index in [0.717, 1.165) is 62.5 Å². The molecule has 2 aromatic rings. The van der Waals surface area contributed by atoms with E-state index in [1.807, 2.05) is 4.90 Å². The van der Waals surface area contributed by atoms with Crippen molar-refractivity contribution in [1.82, 2.24) is 14.9 Å². The van der Waals surface area contributed by atoms with E-state index in [1.165, 1.54) is 15.8 Å². The lowest BCUT2D eigenvalue weighted by Gasteiger charge is -2.37. The second-order valence-electron chi connectivity index (χ2n) is 7.61. The van der Waals surface area contributed by atoms with Gasteiger partial charge in [0.2, 0.25) is 5.91 Å². The molecular weight excluding hydrogens is 346 g/mol. The zero-order chi connectivity index (χ0) is 18.3. The summed E-state index contributed by atoms with van der Waals surface area (Å²) >= 11 is 1.73. The molecule has 6 nitrogen and oxygen atoms in total. The summed E-state index contributed by atoms with van der Waals surface area (Å²) in [5.74, 6) is 1.46. The summed E-state index contributed by atoms with van der Waals surface area (Å²) in [5, 5.41) is 1.18. The van der Waals surface area contributed by atoms with E-state index in [2.05, 4.69) is 28.7 Å². The highest BCUT2D eigenvalue weighted by molar-refractivity contribution is 7.18. The Kier molecular flexibility index (Phi) is 4.84. The number of nitrogens with two attached hydrogens (primary N) is 1. The predicted octanol–water partition coefficient (Wildman–Crippen LogP) is 2.47. The molecule has 0 bridgehead atoms. The summed E-state index contributed by atoms with van der Waals surface area (Å²) in [4.78, 5) is 28.5. The molecule has 26 heavy (non-hydrogen) atoms. The minimum atomic E-state index is 0.124. The van der Waals surface area contributed by atoms with Crippen LogP contribution in [0.1, 0.15) is 36.1 Å². The van der Waals surface area contributed by atoms with Crippen molar-refractivity contribution in [2.75, 3.05) is 31.1 Å². The molecule has 2 aliphatic heterocycles. The Hall–Kier alpha value is -1.73. The Balaban J connectivity index is 1.46. The number of hydrogen-bond donors (Lipinski definition) is 1. The van der Waals surface area contributed by atoms with E-state index < -0.39 is 0 Å². The molecule has 2 N–H and O–H groups in total. The van der Waals surface area contributed by atoms with E-state index in [4.69, 9.17) is 5.73 Å². The molecule has 4 heterocycles. The van der Waals surface area contributed by atoms with Crippen LogP contribution in [-0.4, -0.2) is 53.0 Å². The molecule has 1 atom stereocenters. The van der Waals surface area contributed by atoms with E-state index in [-0.39, 0.29) is 12.0 Å². The zero-order valence-electron chi connectivity index (χ0n) is 15.6. The summed E-state index contributed by atoms with van der Waals surface area (Å²) in [6.45, 7) is 7.62. The van der Waals surface area contributed by atoms with Crippen LogP contribution in [0.25, 0.3) is 10.2 Å². The average Bonchev–Trinajstić information content (AvgIpc) is 2.95. The van der Waals surface area contributed by atoms with Gasteiger partial charge in [-0.15, -0.1) is 11.3 Å². The number of likely N-dealkylation sites (tertiary alicyclic amines) is 1. The molecule has 0 aliphatic carbocycles. The summed E-state index contributed by atoms with van der Waals surface area (Å²) in [6.07, 6.45) is 5.50. The third kappa shape index (κ3) is 3.18. The minimum Gasteiger partial charge on any atom is -0.356 e. The largest absolute Gasteiger partial charge is 0.356 e. The number of rotatable bonds is 2. The standard InChI is InChI=1S/C19H27N5OS/c1-12-13(2)26-18-16(12)17(21-11-22-18)23-8-5-14(6-9-23)19(25)24-7-3-4-15(20)10-24/h11,14-15H,3-10,20H2,1-2H3. The van der Waals surface area contributed by atoms with Gasteiger partial charge in [0.1, 0.15) is 17.0 Å². The molecule has 1 amide bonds. The van der Waals surface area contributed by atoms with Crippen LogP contribution in [0.3, 0.4) is 0 Å². The summed E-state index contributed by atoms with van der Waals surface area (Å²) in [5.41, 5.74) is 7.32. The quantitative estimate of drug-likeness (QED) is 0.875. The molecule has 7 heteroatoms. The minimum absolute atomic E-state index is 0.124. The highest BCUT2D eigenvalue weighted by Crippen LogP contribution is 2.35. The highest BCUT2D eigenvalue weighted by Gasteiger charge is 2.31. The number of carbonyl (C=O) groups is 1. The molecular formula is C19H27N5OS. The fourth-order valence-electron chi connectivity index (χ4n) is 4.21. The smallest absolute Gasteiger partial charge is 0.225 e. The maximum Gasteiger partial charge on any atom is 0.225 e. The average molecular weight is 374 g/mol. The van der Waals surface area contributed by atoms with Gasteiger partial charge in [-0.2, -0.15) is 0 Å². The third-order valence-electron chi connectivity index (χ3n) is 5.86. The number of fused-ring (bicyclic) bond motifs is 1. The SMILES string of the molecule is Cc1sc2ncnc(N3CCC(C(=O)N4CCCC(N)C4)CC3)c2c1C. The second-order valence-corrected chi connectivity index (χ2v) is 8.81. The Morgan fingerprint density at radius 1 is 1.19 bits per heavy atom. The van der Waals surface area contributed by atoms with Crippen molar-refractivity contribution in [3.63, 3.8) is 0 Å². The molecule has 0 aromatic carbocycles. The number of carbonyl (C=O) groups excluding carboxylic acids is 1. The lowest BCUT2D eigenvalue weighted by molar-refractivity contribution is -0.137. The van der Waals surface area contributed by atoms with Crippen molar-refractivity contribution in [1.29, 1.82) is 0 Å². The Labute approximate surface area is 158 Å². The van der Waals surface area contributed by atoms with Gasteiger partial charge in [0.05, 0.1) is 5.39 Å². The summed E-state index contributed by atoms with van der Waals surface area (Å²) in [6, 6.07) is 0.145. The number of aryl methyl sites for hydroxylation is 2. The number of amides is 1. The van der Waals surface area contributed by atoms with Crippen LogP contribution in [0.15, 0.2) is 6.33 Å². The monoisotopic (exact) mass is 373 g/mol. The lowest BCUT2D eigenvalue weighted by Crippen LogP contribution is -2.49. The van der Waals surface area contributed by atoms with E-state index in [0.29, 0.717) is 5.91 Å². The number of thiophene rings is 1. The molecule has 2 saturated heterocycles. The van der Waals surface area contributed by atoms with Crippen molar-refractivity contribution in [2.24, 2.45) is 11.7 Å². The maximum atomic E-state index is 12.8. The van der Waals surface area contributed by atoms with Crippen LogP contribution < -0.4 is 10.6 Å². The molecule has 2 aliphatic rings. The Morgan fingerprint density at radius 3 is 2.69 bits per heavy atom. The molecule has 0 radical (unpaired) electrons. The number of piperidine rings is 2. The van der Waals surface area contributed by atoms with Crippen molar-refractivity contribution >= 4 is 33.3 Å². The first kappa shape index (κ1) is 17.7. The topological polar surface area (TPSA) is 75.4 Å². The van der Waals surface area contributed by atoms with Gasteiger partial charge in [-0.3, -0.25) is 4.79 Å². The van der Waals surface area contributed by atoms with Crippen LogP contribution in [0.4, 0.5) is 5.82 Å². The van der Waals surface area contributed by atoms with E-state index in [9.17, 15) is 4.79 Å². The normalized spacial score (nSPS) is 22.2. The number of aromatic nitrogens is 2. The maximum absolute atomic E-state index is 12.8. The molecule has 1 unspecified atom stereocenters. The first-order valence-corrected chi connectivity index (χ1v) is 10.4. The van der Waals surface area contributed by atoms with Crippen LogP contribution in [-0.2, 0) is 4.79 Å². The van der Waals surface area contributed by atoms with Crippen molar-refractivity contribution in [2.45, 2.75) is 45.6 Å². The first-order valence-electron chi connectivity index (χ1n) is 9.54. The molecule has 0 spiro atoms. The first-order chi connectivity index (χ1) is 12.5. The summed E-state index contributed by atoms with van der Waals surface area (Å²) in [7, 11) is 0. The van der Waals surface area contributed by atoms with Crippen LogP contribution in [0.5, 0.6) is 0 Å². The molecule has 2 aromatic heterocycles. The van der Waals surface area contributed by atoms with Gasteiger partial charge in [0, 0.05) is 43.0 Å². The molecule has 0 saturated carbocycles. The van der Waals surface area contributed by atoms with E-state index >= 15 is 0 Å². The van der Waals surface area contributed by atoms with Crippen LogP contribution in [0.2, 0.25) is 0 Å². The van der Waals surface area contributed by atoms with Gasteiger partial charge < -0.3 is 15.5 Å². The third-order valence-corrected chi connectivity index (χ3v) is 6.97. The van der Waals surface area contributed by atoms with Crippen LogP contribution >= 0.6 is 11.3 Å². The number of hydrogen-bond acceptors (Lipinski definition) is 6. The van der Waals surface area contributed by atoms with Gasteiger partial charge in [0.25, 0.3) is 0 Å². The van der Waals surface area contributed by atoms with Crippen LogP contribution in [0, 0.1) is 19.8 Å². The lowest BCUT2D eigenvalue weighted by atomic mass is 9.93. The Bertz CT molecular complexity index is 812. The van der Waals surface area contributed by atoms with Gasteiger partial charge in [-0.1, -0.05) is 0 Å². The van der Waals surface area contributed by atoms with E-state index in [1.54, 1.807) is 17.7 Å². The van der Waals surface area contributed by atoms with Gasteiger partial charge in [-0.25, -0.2) is 9.97 Å². The molecule has 2 fully saturated rings. The van der Waals surface area contributed by atoms with Crippen molar-refractivity contribution in [3.8, 4) is 0 Å². The van der Waals surface area contributed by atoms with Gasteiger partial charge in [-0.05, 0) is 45.1 Å². The molecule has 4 rings (SSSR count). The van der Waals surface area contributed by atoms with Gasteiger partial charge in [0.15, 0.2) is 0 Å². The zero-order valence-corrected chi connectivity index (χ0v) is 16.4. The second kappa shape index (κ2) is 7.12. The predicted molar refractivity (Wildman–Crippen MR) is 106 cm³/mol. The number of nitrogens with zero attached hydrogens (tertiary/aromatic N) is 4. The van der Waals surface area contributed by atoms with Crippen molar-refractivity contribution in [3.05, 3.63) is 16.8 Å². The molecule has 140 valence electrons. The Morgan fingerprint density at radius 2 is 1.96 bits per heavy atom. The van der Waals surface area contributed by atoms with Crippen molar-refractivity contribution < 1.29 is 4.79 Å². The fourth-order valence-corrected chi connectivity index (χ4v) is 5.20. The summed E-state index contributed by atoms with van der Waals surface area (Å²) < 4.78 is 0. The number of anilines is 1. The fraction of sp³-hybridized carbons (Fsp3) is 0.632. The van der Waals surface area contributed by atoms with Gasteiger partial charge >= 0.3 is 0 Å². The highest BCUT2D eigenvalue weighted by atomic mass is 32.1.